The van der Waals surface area contributed by atoms with E-state index >= 15 is 0 Å². The Morgan fingerprint density at radius 3 is 2.33 bits per heavy atom. The van der Waals surface area contributed by atoms with Gasteiger partial charge in [-0.1, -0.05) is 6.58 Å². The van der Waals surface area contributed by atoms with Gasteiger partial charge in [-0.3, -0.25) is 0 Å². The highest BCUT2D eigenvalue weighted by molar-refractivity contribution is 5.85. The number of halogens is 1. The van der Waals surface area contributed by atoms with E-state index in [4.69, 9.17) is 5.11 Å². The lowest BCUT2D eigenvalue weighted by Crippen LogP contribution is -2.13. The van der Waals surface area contributed by atoms with E-state index in [1.54, 1.807) is 0 Å². The zero-order valence-corrected chi connectivity index (χ0v) is 8.36. The predicted octanol–water partition coefficient (Wildman–Crippen LogP) is 1.39. The van der Waals surface area contributed by atoms with Crippen molar-refractivity contribution in [3.63, 3.8) is 0 Å². The van der Waals surface area contributed by atoms with Gasteiger partial charge in [0.1, 0.15) is 0 Å². The fraction of sp³-hybridized carbons (Fsp3) is 0.625. The highest BCUT2D eigenvalue weighted by Crippen LogP contribution is 2.01. The Morgan fingerprint density at radius 2 is 2.00 bits per heavy atom. The van der Waals surface area contributed by atoms with Crippen LogP contribution in [0.2, 0.25) is 0 Å². The van der Waals surface area contributed by atoms with Crippen molar-refractivity contribution in [2.45, 2.75) is 12.8 Å². The zero-order chi connectivity index (χ0) is 8.85. The number of carboxylic acid groups (broad SMARTS) is 1. The second-order valence-corrected chi connectivity index (χ2v) is 2.82. The Labute approximate surface area is 79.5 Å². The number of carboxylic acids is 1. The molecule has 0 rings (SSSR count). The second-order valence-electron chi connectivity index (χ2n) is 2.82. The average molecular weight is 194 g/mol. The molecule has 72 valence electrons. The lowest BCUT2D eigenvalue weighted by atomic mass is 10.1. The third kappa shape index (κ3) is 7.57. The molecule has 0 saturated heterocycles. The number of hydrogen-bond acceptors (Lipinski definition) is 2. The lowest BCUT2D eigenvalue weighted by Gasteiger charge is -2.08. The van der Waals surface area contributed by atoms with Gasteiger partial charge in [0, 0.05) is 5.57 Å². The number of hydrogen-bond donors (Lipinski definition) is 1. The minimum absolute atomic E-state index is 0. The first kappa shape index (κ1) is 14.0. The van der Waals surface area contributed by atoms with Gasteiger partial charge >= 0.3 is 5.97 Å². The summed E-state index contributed by atoms with van der Waals surface area (Å²) in [5.41, 5.74) is 0.298. The first-order valence-electron chi connectivity index (χ1n) is 3.60. The summed E-state index contributed by atoms with van der Waals surface area (Å²) in [5.74, 6) is -0.885. The maximum Gasteiger partial charge on any atom is 0.330 e. The Hall–Kier alpha value is -0.540. The third-order valence-electron chi connectivity index (χ3n) is 1.39. The van der Waals surface area contributed by atoms with Crippen LogP contribution in [0.1, 0.15) is 12.8 Å². The first-order valence-corrected chi connectivity index (χ1v) is 3.60. The molecule has 0 radical (unpaired) electrons. The van der Waals surface area contributed by atoms with Crippen LogP contribution in [0.4, 0.5) is 0 Å². The van der Waals surface area contributed by atoms with Gasteiger partial charge in [0.25, 0.3) is 0 Å². The van der Waals surface area contributed by atoms with E-state index in [9.17, 15) is 4.79 Å². The van der Waals surface area contributed by atoms with E-state index in [2.05, 4.69) is 6.58 Å². The molecule has 0 aliphatic rings. The number of nitrogens with zero attached hydrogens (tertiary/aromatic N) is 1. The molecular formula is C8H16ClNO2. The highest BCUT2D eigenvalue weighted by atomic mass is 35.5. The molecule has 0 aromatic carbocycles. The molecule has 0 aliphatic heterocycles. The van der Waals surface area contributed by atoms with E-state index < -0.39 is 5.97 Å². The Morgan fingerprint density at radius 1 is 1.50 bits per heavy atom. The lowest BCUT2D eigenvalue weighted by molar-refractivity contribution is -0.132. The molecule has 0 saturated carbocycles. The summed E-state index contributed by atoms with van der Waals surface area (Å²) < 4.78 is 0. The molecule has 0 bridgehead atoms. The topological polar surface area (TPSA) is 40.5 Å². The van der Waals surface area contributed by atoms with Gasteiger partial charge in [-0.2, -0.15) is 0 Å². The van der Waals surface area contributed by atoms with Crippen molar-refractivity contribution >= 4 is 18.4 Å². The summed E-state index contributed by atoms with van der Waals surface area (Å²) in [4.78, 5) is 12.3. The van der Waals surface area contributed by atoms with Gasteiger partial charge in [-0.25, -0.2) is 4.79 Å². The minimum Gasteiger partial charge on any atom is -0.478 e. The van der Waals surface area contributed by atoms with Gasteiger partial charge in [0.15, 0.2) is 0 Å². The van der Waals surface area contributed by atoms with Crippen LogP contribution in [-0.2, 0) is 4.79 Å². The van der Waals surface area contributed by atoms with Crippen LogP contribution < -0.4 is 0 Å². The first-order chi connectivity index (χ1) is 5.04. The molecule has 0 spiro atoms. The summed E-state index contributed by atoms with van der Waals surface area (Å²) >= 11 is 0. The van der Waals surface area contributed by atoms with Gasteiger partial charge in [-0.05, 0) is 33.5 Å². The SMILES string of the molecule is C=C(CCCN(C)C)C(=O)O.Cl. The summed E-state index contributed by atoms with van der Waals surface area (Å²) in [6, 6.07) is 0. The fourth-order valence-electron chi connectivity index (χ4n) is 0.716. The van der Waals surface area contributed by atoms with E-state index in [-0.39, 0.29) is 12.4 Å². The number of rotatable bonds is 5. The van der Waals surface area contributed by atoms with Crippen molar-refractivity contribution in [3.05, 3.63) is 12.2 Å². The molecule has 0 heterocycles. The summed E-state index contributed by atoms with van der Waals surface area (Å²) in [6.45, 7) is 4.34. The summed E-state index contributed by atoms with van der Waals surface area (Å²) in [6.07, 6.45) is 1.44. The fourth-order valence-corrected chi connectivity index (χ4v) is 0.716. The Bertz CT molecular complexity index is 157. The maximum absolute atomic E-state index is 10.3. The summed E-state index contributed by atoms with van der Waals surface area (Å²) in [5, 5.41) is 8.43. The predicted molar refractivity (Wildman–Crippen MR) is 51.8 cm³/mol. The van der Waals surface area contributed by atoms with Crippen molar-refractivity contribution in [3.8, 4) is 0 Å². The van der Waals surface area contributed by atoms with Crippen molar-refractivity contribution in [2.24, 2.45) is 0 Å². The van der Waals surface area contributed by atoms with Crippen LogP contribution >= 0.6 is 12.4 Å². The average Bonchev–Trinajstić information content (AvgIpc) is 1.86. The van der Waals surface area contributed by atoms with Gasteiger partial charge < -0.3 is 10.0 Å². The Balaban J connectivity index is 0. The van der Waals surface area contributed by atoms with Gasteiger partial charge in [0.05, 0.1) is 0 Å². The van der Waals surface area contributed by atoms with E-state index in [1.165, 1.54) is 0 Å². The summed E-state index contributed by atoms with van der Waals surface area (Å²) in [7, 11) is 3.92. The van der Waals surface area contributed by atoms with E-state index in [0.717, 1.165) is 13.0 Å². The van der Waals surface area contributed by atoms with E-state index in [0.29, 0.717) is 12.0 Å². The molecule has 0 aliphatic carbocycles. The van der Waals surface area contributed by atoms with Crippen LogP contribution in [0.15, 0.2) is 12.2 Å². The molecule has 0 aromatic heterocycles. The Kier molecular flexibility index (Phi) is 8.32. The molecule has 0 atom stereocenters. The maximum atomic E-state index is 10.3. The monoisotopic (exact) mass is 193 g/mol. The zero-order valence-electron chi connectivity index (χ0n) is 7.54. The molecule has 0 aromatic rings. The minimum atomic E-state index is -0.885. The standard InChI is InChI=1S/C8H15NO2.ClH/c1-7(8(10)11)5-4-6-9(2)3;/h1,4-6H2,2-3H3,(H,10,11);1H. The number of carbonyl (C=O) groups is 1. The van der Waals surface area contributed by atoms with Crippen molar-refractivity contribution in [1.82, 2.24) is 4.90 Å². The normalized spacial score (nSPS) is 9.25. The van der Waals surface area contributed by atoms with Crippen LogP contribution in [0.25, 0.3) is 0 Å². The molecule has 0 amide bonds. The van der Waals surface area contributed by atoms with Crippen LogP contribution in [0.3, 0.4) is 0 Å². The van der Waals surface area contributed by atoms with Crippen LogP contribution in [-0.4, -0.2) is 36.6 Å². The smallest absolute Gasteiger partial charge is 0.330 e. The molecule has 1 N–H and O–H groups in total. The van der Waals surface area contributed by atoms with Crippen molar-refractivity contribution in [2.75, 3.05) is 20.6 Å². The third-order valence-corrected chi connectivity index (χ3v) is 1.39. The van der Waals surface area contributed by atoms with E-state index in [1.807, 2.05) is 19.0 Å². The van der Waals surface area contributed by atoms with Crippen LogP contribution in [0, 0.1) is 0 Å². The number of aliphatic carboxylic acids is 1. The second kappa shape index (κ2) is 7.13. The van der Waals surface area contributed by atoms with Crippen LogP contribution in [0.5, 0.6) is 0 Å². The largest absolute Gasteiger partial charge is 0.478 e. The molecule has 4 heteroatoms. The molecule has 0 unspecified atom stereocenters. The quantitative estimate of drug-likeness (QED) is 0.671. The van der Waals surface area contributed by atoms with Crippen molar-refractivity contribution in [1.29, 1.82) is 0 Å². The van der Waals surface area contributed by atoms with Crippen molar-refractivity contribution < 1.29 is 9.90 Å². The molecule has 0 fully saturated rings. The molecule has 3 nitrogen and oxygen atoms in total. The highest BCUT2D eigenvalue weighted by Gasteiger charge is 2.02. The van der Waals surface area contributed by atoms with Gasteiger partial charge in [0.2, 0.25) is 0 Å². The molecule has 12 heavy (non-hydrogen) atoms. The molecular weight excluding hydrogens is 178 g/mol. The van der Waals surface area contributed by atoms with Gasteiger partial charge in [-0.15, -0.1) is 12.4 Å².